The van der Waals surface area contributed by atoms with Gasteiger partial charge in [-0.25, -0.2) is 23.7 Å². The van der Waals surface area contributed by atoms with E-state index in [0.29, 0.717) is 22.3 Å². The molecule has 1 aliphatic rings. The largest absolute Gasteiger partial charge is 0.375 e. The van der Waals surface area contributed by atoms with Crippen molar-refractivity contribution in [2.75, 3.05) is 36.8 Å². The molecule has 6 nitrogen and oxygen atoms in total. The van der Waals surface area contributed by atoms with Crippen LogP contribution in [0.3, 0.4) is 0 Å². The van der Waals surface area contributed by atoms with Crippen LogP contribution in [0.2, 0.25) is 0 Å². The molecule has 0 amide bonds. The third-order valence-electron chi connectivity index (χ3n) is 5.20. The minimum Gasteiger partial charge on any atom is -0.375 e. The summed E-state index contributed by atoms with van der Waals surface area (Å²) in [6.07, 6.45) is 7.11. The fourth-order valence-electron chi connectivity index (χ4n) is 3.85. The Kier molecular flexibility index (Phi) is 4.46. The molecule has 3 N–H and O–H groups in total. The van der Waals surface area contributed by atoms with Crippen LogP contribution in [0.1, 0.15) is 5.56 Å². The summed E-state index contributed by atoms with van der Waals surface area (Å²) in [5.41, 5.74) is 7.09. The lowest BCUT2D eigenvalue weighted by Gasteiger charge is -2.29. The van der Waals surface area contributed by atoms with E-state index in [9.17, 15) is 4.39 Å². The summed E-state index contributed by atoms with van der Waals surface area (Å²) >= 11 is 1.01. The van der Waals surface area contributed by atoms with Gasteiger partial charge in [0.15, 0.2) is 10.9 Å². The first-order valence-electron chi connectivity index (χ1n) is 9.33. The third kappa shape index (κ3) is 2.84. The van der Waals surface area contributed by atoms with Crippen molar-refractivity contribution >= 4 is 43.4 Å². The first kappa shape index (κ1) is 18.7. The van der Waals surface area contributed by atoms with E-state index >= 15 is 4.39 Å². The predicted molar refractivity (Wildman–Crippen MR) is 115 cm³/mol. The summed E-state index contributed by atoms with van der Waals surface area (Å²) in [5.74, 6) is 2.16. The maximum Gasteiger partial charge on any atom is 0.181 e. The number of nitrogens with one attached hydrogen (secondary N) is 1. The number of halogens is 2. The molecule has 1 fully saturated rings. The van der Waals surface area contributed by atoms with Crippen LogP contribution in [-0.4, -0.2) is 41.1 Å². The van der Waals surface area contributed by atoms with Crippen molar-refractivity contribution in [3.05, 3.63) is 41.7 Å². The number of rotatable bonds is 2. The Bertz CT molecular complexity index is 1340. The average Bonchev–Trinajstić information content (AvgIpc) is 3.17. The third-order valence-corrected chi connectivity index (χ3v) is 6.09. The molecule has 0 bridgehead atoms. The molecule has 30 heavy (non-hydrogen) atoms. The van der Waals surface area contributed by atoms with Gasteiger partial charge < -0.3 is 16.0 Å². The predicted octanol–water partition coefficient (Wildman–Crippen LogP) is 3.16. The number of benzene rings is 2. The molecule has 4 aromatic rings. The van der Waals surface area contributed by atoms with Crippen molar-refractivity contribution in [1.29, 1.82) is 0 Å². The van der Waals surface area contributed by atoms with E-state index in [-0.39, 0.29) is 26.4 Å². The van der Waals surface area contributed by atoms with Gasteiger partial charge in [-0.05, 0) is 18.2 Å². The Morgan fingerprint density at radius 2 is 1.97 bits per heavy atom. The van der Waals surface area contributed by atoms with Crippen LogP contribution >= 0.6 is 11.3 Å². The van der Waals surface area contributed by atoms with Gasteiger partial charge in [0.1, 0.15) is 23.5 Å². The number of aromatic nitrogens is 3. The molecule has 0 unspecified atom stereocenters. The number of nitrogens with two attached hydrogens (primary N) is 1. The van der Waals surface area contributed by atoms with Crippen LogP contribution in [0.15, 0.2) is 24.5 Å². The fraction of sp³-hybridized carbons (Fsp3) is 0.190. The molecule has 2 aromatic carbocycles. The second-order valence-corrected chi connectivity index (χ2v) is 7.94. The molecule has 9 heteroatoms. The molecule has 0 radical (unpaired) electrons. The molecule has 150 valence electrons. The van der Waals surface area contributed by atoms with Gasteiger partial charge in [-0.1, -0.05) is 17.3 Å². The van der Waals surface area contributed by atoms with Crippen LogP contribution in [-0.2, 0) is 0 Å². The zero-order chi connectivity index (χ0) is 20.8. The molecule has 0 spiro atoms. The maximum atomic E-state index is 15.8. The quantitative estimate of drug-likeness (QED) is 0.483. The summed E-state index contributed by atoms with van der Waals surface area (Å²) in [5, 5.41) is 4.03. The molecule has 0 saturated carbocycles. The van der Waals surface area contributed by atoms with E-state index in [1.165, 1.54) is 18.5 Å². The fourth-order valence-corrected chi connectivity index (χ4v) is 4.61. The van der Waals surface area contributed by atoms with E-state index in [4.69, 9.17) is 12.2 Å². The molecular weight excluding hydrogens is 406 g/mol. The Morgan fingerprint density at radius 3 is 2.73 bits per heavy atom. The minimum absolute atomic E-state index is 0.158. The number of piperazine rings is 1. The lowest BCUT2D eigenvalue weighted by atomic mass is 9.96. The van der Waals surface area contributed by atoms with E-state index in [2.05, 4.69) is 31.1 Å². The molecule has 5 rings (SSSR count). The van der Waals surface area contributed by atoms with Crippen molar-refractivity contribution in [3.63, 3.8) is 0 Å². The van der Waals surface area contributed by atoms with E-state index < -0.39 is 11.6 Å². The Labute approximate surface area is 174 Å². The van der Waals surface area contributed by atoms with Gasteiger partial charge in [0.05, 0.1) is 10.2 Å². The topological polar surface area (TPSA) is 80.0 Å². The van der Waals surface area contributed by atoms with Gasteiger partial charge in [-0.3, -0.25) is 0 Å². The first-order valence-corrected chi connectivity index (χ1v) is 10.1. The number of fused-ring (bicyclic) bond motifs is 2. The Hall–Kier alpha value is -3.35. The molecule has 1 aliphatic heterocycles. The molecule has 0 atom stereocenters. The standard InChI is InChI=1S/C21H16F2N6S/c1-2-11-9-13-17(26-10-27-20(13)29-7-5-25-6-8-29)16(23)15(11)12-3-4-14(22)19-18(12)28-21(24)30-19/h1,3-4,9-10,25H,5-8H2,(H2,24,28). The number of thiazole rings is 1. The monoisotopic (exact) mass is 422 g/mol. The first-order chi connectivity index (χ1) is 14.6. The molecule has 3 heterocycles. The second-order valence-electron chi connectivity index (χ2n) is 6.91. The normalized spacial score (nSPS) is 14.4. The molecule has 0 aliphatic carbocycles. The van der Waals surface area contributed by atoms with Crippen molar-refractivity contribution in [2.45, 2.75) is 0 Å². The van der Waals surface area contributed by atoms with Crippen molar-refractivity contribution < 1.29 is 8.78 Å². The van der Waals surface area contributed by atoms with Gasteiger partial charge in [-0.15, -0.1) is 6.42 Å². The van der Waals surface area contributed by atoms with Crippen molar-refractivity contribution in [1.82, 2.24) is 20.3 Å². The van der Waals surface area contributed by atoms with Gasteiger partial charge in [-0.2, -0.15) is 0 Å². The summed E-state index contributed by atoms with van der Waals surface area (Å²) in [4.78, 5) is 14.9. The lowest BCUT2D eigenvalue weighted by Crippen LogP contribution is -2.44. The number of hydrogen-bond donors (Lipinski definition) is 2. The van der Waals surface area contributed by atoms with E-state index in [1.807, 2.05) is 0 Å². The average molecular weight is 422 g/mol. The number of nitrogen functional groups attached to an aromatic ring is 1. The van der Waals surface area contributed by atoms with Gasteiger partial charge >= 0.3 is 0 Å². The van der Waals surface area contributed by atoms with E-state index in [0.717, 1.165) is 37.5 Å². The van der Waals surface area contributed by atoms with Crippen LogP contribution in [0.4, 0.5) is 19.7 Å². The summed E-state index contributed by atoms with van der Waals surface area (Å²) in [7, 11) is 0. The highest BCUT2D eigenvalue weighted by Crippen LogP contribution is 2.40. The summed E-state index contributed by atoms with van der Waals surface area (Å²) in [6.45, 7) is 3.12. The van der Waals surface area contributed by atoms with Crippen LogP contribution in [0.25, 0.3) is 32.2 Å². The van der Waals surface area contributed by atoms with Crippen LogP contribution in [0.5, 0.6) is 0 Å². The Balaban J connectivity index is 1.80. The van der Waals surface area contributed by atoms with Crippen LogP contribution in [0, 0.1) is 24.0 Å². The second kappa shape index (κ2) is 7.16. The minimum atomic E-state index is -0.585. The molecular formula is C21H16F2N6S. The van der Waals surface area contributed by atoms with Crippen LogP contribution < -0.4 is 16.0 Å². The zero-order valence-corrected chi connectivity index (χ0v) is 16.6. The van der Waals surface area contributed by atoms with Crippen molar-refractivity contribution in [2.24, 2.45) is 0 Å². The van der Waals surface area contributed by atoms with Gasteiger partial charge in [0, 0.05) is 48.3 Å². The number of anilines is 2. The van der Waals surface area contributed by atoms with Crippen molar-refractivity contribution in [3.8, 4) is 23.5 Å². The summed E-state index contributed by atoms with van der Waals surface area (Å²) in [6, 6.07) is 4.46. The highest BCUT2D eigenvalue weighted by Gasteiger charge is 2.23. The highest BCUT2D eigenvalue weighted by atomic mass is 32.1. The lowest BCUT2D eigenvalue weighted by molar-refractivity contribution is 0.585. The SMILES string of the molecule is C#Cc1cc2c(N3CCNCC3)ncnc2c(F)c1-c1ccc(F)c2sc(N)nc12. The highest BCUT2D eigenvalue weighted by molar-refractivity contribution is 7.22. The Morgan fingerprint density at radius 1 is 1.17 bits per heavy atom. The molecule has 1 saturated heterocycles. The smallest absolute Gasteiger partial charge is 0.181 e. The van der Waals surface area contributed by atoms with Gasteiger partial charge in [0.2, 0.25) is 0 Å². The zero-order valence-electron chi connectivity index (χ0n) is 15.7. The maximum absolute atomic E-state index is 15.8. The number of terminal acetylenes is 1. The number of nitrogens with zero attached hydrogens (tertiary/aromatic N) is 4. The number of hydrogen-bond acceptors (Lipinski definition) is 7. The van der Waals surface area contributed by atoms with Gasteiger partial charge in [0.25, 0.3) is 0 Å². The molecule has 2 aromatic heterocycles. The summed E-state index contributed by atoms with van der Waals surface area (Å²) < 4.78 is 30.3. The van der Waals surface area contributed by atoms with E-state index in [1.54, 1.807) is 6.07 Å².